The molecule has 0 spiro atoms. The summed E-state index contributed by atoms with van der Waals surface area (Å²) in [5.41, 5.74) is 0. The molecule has 1 fully saturated rings. The number of rotatable bonds is 5. The van der Waals surface area contributed by atoms with Gasteiger partial charge in [-0.2, -0.15) is 0 Å². The van der Waals surface area contributed by atoms with Gasteiger partial charge in [-0.15, -0.1) is 0 Å². The Hall–Kier alpha value is -1.10. The molecule has 1 aliphatic rings. The van der Waals surface area contributed by atoms with Crippen LogP contribution < -0.4 is 5.32 Å². The topological polar surface area (TPSA) is 58.6 Å². The van der Waals surface area contributed by atoms with Crippen LogP contribution in [0.25, 0.3) is 0 Å². The highest BCUT2D eigenvalue weighted by atomic mass is 16.5. The molecule has 1 heterocycles. The Balaban J connectivity index is 2.54. The Bertz CT molecular complexity index is 299. The minimum atomic E-state index is -0.450. The van der Waals surface area contributed by atoms with Crippen LogP contribution in [0.15, 0.2) is 0 Å². The van der Waals surface area contributed by atoms with Crippen molar-refractivity contribution in [2.45, 2.75) is 45.8 Å². The number of ether oxygens (including phenoxy) is 1. The number of carbonyl (C=O) groups is 2. The first-order valence-electron chi connectivity index (χ1n) is 6.55. The number of likely N-dealkylation sites (N-methyl/N-ethyl adjacent to an activating group) is 1. The SMILES string of the molecule is CC(=O)NC(C(=O)N(C)CC1CCCO1)C(C)C. The van der Waals surface area contributed by atoms with Crippen molar-refractivity contribution in [1.29, 1.82) is 0 Å². The lowest BCUT2D eigenvalue weighted by Gasteiger charge is -2.28. The van der Waals surface area contributed by atoms with Gasteiger partial charge in [0.05, 0.1) is 6.10 Å². The average Bonchev–Trinajstić information content (AvgIpc) is 2.77. The molecular formula is C13H24N2O3. The van der Waals surface area contributed by atoms with Crippen LogP contribution in [0.1, 0.15) is 33.6 Å². The maximum absolute atomic E-state index is 12.3. The van der Waals surface area contributed by atoms with Crippen molar-refractivity contribution in [3.63, 3.8) is 0 Å². The largest absolute Gasteiger partial charge is 0.376 e. The zero-order valence-corrected chi connectivity index (χ0v) is 11.7. The molecular weight excluding hydrogens is 232 g/mol. The van der Waals surface area contributed by atoms with Crippen LogP contribution in [0.4, 0.5) is 0 Å². The van der Waals surface area contributed by atoms with Crippen LogP contribution in [0.5, 0.6) is 0 Å². The second-order valence-corrected chi connectivity index (χ2v) is 5.28. The molecule has 0 bridgehead atoms. The predicted octanol–water partition coefficient (Wildman–Crippen LogP) is 0.785. The predicted molar refractivity (Wildman–Crippen MR) is 69.1 cm³/mol. The van der Waals surface area contributed by atoms with Gasteiger partial charge in [0.2, 0.25) is 11.8 Å². The first-order valence-corrected chi connectivity index (χ1v) is 6.55. The van der Waals surface area contributed by atoms with Gasteiger partial charge in [0.15, 0.2) is 0 Å². The molecule has 0 aromatic heterocycles. The van der Waals surface area contributed by atoms with E-state index in [2.05, 4.69) is 5.32 Å². The van der Waals surface area contributed by atoms with E-state index in [0.717, 1.165) is 19.4 Å². The second kappa shape index (κ2) is 6.73. The third-order valence-electron chi connectivity index (χ3n) is 3.17. The molecule has 0 radical (unpaired) electrons. The third kappa shape index (κ3) is 4.29. The van der Waals surface area contributed by atoms with Gasteiger partial charge in [-0.25, -0.2) is 0 Å². The van der Waals surface area contributed by atoms with Gasteiger partial charge < -0.3 is 15.0 Å². The van der Waals surface area contributed by atoms with E-state index in [0.29, 0.717) is 6.54 Å². The van der Waals surface area contributed by atoms with Crippen molar-refractivity contribution in [2.75, 3.05) is 20.2 Å². The summed E-state index contributed by atoms with van der Waals surface area (Å²) in [5.74, 6) is -0.142. The molecule has 1 saturated heterocycles. The van der Waals surface area contributed by atoms with Crippen molar-refractivity contribution >= 4 is 11.8 Å². The number of hydrogen-bond donors (Lipinski definition) is 1. The van der Waals surface area contributed by atoms with Gasteiger partial charge in [-0.1, -0.05) is 13.8 Å². The summed E-state index contributed by atoms with van der Waals surface area (Å²) >= 11 is 0. The first kappa shape index (κ1) is 15.0. The first-order chi connectivity index (χ1) is 8.41. The summed E-state index contributed by atoms with van der Waals surface area (Å²) in [6.45, 7) is 6.67. The Morgan fingerprint density at radius 1 is 1.44 bits per heavy atom. The summed E-state index contributed by atoms with van der Waals surface area (Å²) in [7, 11) is 1.77. The van der Waals surface area contributed by atoms with Crippen LogP contribution in [-0.2, 0) is 14.3 Å². The van der Waals surface area contributed by atoms with Crippen molar-refractivity contribution in [2.24, 2.45) is 5.92 Å². The zero-order chi connectivity index (χ0) is 13.7. The van der Waals surface area contributed by atoms with E-state index >= 15 is 0 Å². The monoisotopic (exact) mass is 256 g/mol. The Labute approximate surface area is 109 Å². The normalized spacial score (nSPS) is 20.8. The van der Waals surface area contributed by atoms with E-state index in [9.17, 15) is 9.59 Å². The lowest BCUT2D eigenvalue weighted by Crippen LogP contribution is -2.50. The fourth-order valence-electron chi connectivity index (χ4n) is 2.15. The fourth-order valence-corrected chi connectivity index (χ4v) is 2.15. The number of amides is 2. The standard InChI is InChI=1S/C13H24N2O3/c1-9(2)12(14-10(3)16)13(17)15(4)8-11-6-5-7-18-11/h9,11-12H,5-8H2,1-4H3,(H,14,16). The lowest BCUT2D eigenvalue weighted by atomic mass is 10.0. The average molecular weight is 256 g/mol. The maximum atomic E-state index is 12.3. The number of carbonyl (C=O) groups excluding carboxylic acids is 2. The molecule has 1 N–H and O–H groups in total. The second-order valence-electron chi connectivity index (χ2n) is 5.28. The van der Waals surface area contributed by atoms with E-state index in [1.807, 2.05) is 13.8 Å². The van der Waals surface area contributed by atoms with Crippen molar-refractivity contribution < 1.29 is 14.3 Å². The quantitative estimate of drug-likeness (QED) is 0.791. The zero-order valence-electron chi connectivity index (χ0n) is 11.7. The van der Waals surface area contributed by atoms with Crippen molar-refractivity contribution in [3.8, 4) is 0 Å². The number of nitrogens with one attached hydrogen (secondary N) is 1. The Morgan fingerprint density at radius 3 is 2.56 bits per heavy atom. The molecule has 0 saturated carbocycles. The van der Waals surface area contributed by atoms with Crippen LogP contribution in [0, 0.1) is 5.92 Å². The molecule has 0 aromatic carbocycles. The third-order valence-corrected chi connectivity index (χ3v) is 3.17. The Morgan fingerprint density at radius 2 is 2.11 bits per heavy atom. The minimum Gasteiger partial charge on any atom is -0.376 e. The molecule has 2 unspecified atom stereocenters. The van der Waals surface area contributed by atoms with Crippen LogP contribution >= 0.6 is 0 Å². The summed E-state index contributed by atoms with van der Waals surface area (Å²) in [4.78, 5) is 25.1. The number of nitrogens with zero attached hydrogens (tertiary/aromatic N) is 1. The van der Waals surface area contributed by atoms with Gasteiger partial charge in [0, 0.05) is 27.1 Å². The van der Waals surface area contributed by atoms with Gasteiger partial charge >= 0.3 is 0 Å². The van der Waals surface area contributed by atoms with Crippen molar-refractivity contribution in [3.05, 3.63) is 0 Å². The van der Waals surface area contributed by atoms with Gasteiger partial charge in [0.25, 0.3) is 0 Å². The lowest BCUT2D eigenvalue weighted by molar-refractivity contribution is -0.137. The van der Waals surface area contributed by atoms with E-state index in [1.165, 1.54) is 6.92 Å². The van der Waals surface area contributed by atoms with Crippen LogP contribution in [0.3, 0.4) is 0 Å². The van der Waals surface area contributed by atoms with E-state index in [-0.39, 0.29) is 23.8 Å². The highest BCUT2D eigenvalue weighted by Crippen LogP contribution is 2.14. The van der Waals surface area contributed by atoms with E-state index < -0.39 is 6.04 Å². The molecule has 18 heavy (non-hydrogen) atoms. The molecule has 5 heteroatoms. The maximum Gasteiger partial charge on any atom is 0.245 e. The van der Waals surface area contributed by atoms with Crippen LogP contribution in [0.2, 0.25) is 0 Å². The molecule has 5 nitrogen and oxygen atoms in total. The molecule has 1 aliphatic heterocycles. The van der Waals surface area contributed by atoms with Gasteiger partial charge in [-0.3, -0.25) is 9.59 Å². The van der Waals surface area contributed by atoms with Crippen molar-refractivity contribution in [1.82, 2.24) is 10.2 Å². The van der Waals surface area contributed by atoms with Gasteiger partial charge in [-0.05, 0) is 18.8 Å². The summed E-state index contributed by atoms with van der Waals surface area (Å²) in [5, 5.41) is 2.71. The van der Waals surface area contributed by atoms with Crippen LogP contribution in [-0.4, -0.2) is 49.1 Å². The summed E-state index contributed by atoms with van der Waals surface area (Å²) in [6, 6.07) is -0.450. The molecule has 2 amide bonds. The smallest absolute Gasteiger partial charge is 0.245 e. The molecule has 0 aromatic rings. The van der Waals surface area contributed by atoms with E-state index in [1.54, 1.807) is 11.9 Å². The molecule has 1 rings (SSSR count). The summed E-state index contributed by atoms with van der Waals surface area (Å²) in [6.07, 6.45) is 2.21. The molecule has 104 valence electrons. The molecule has 2 atom stereocenters. The Kier molecular flexibility index (Phi) is 5.59. The molecule has 0 aliphatic carbocycles. The van der Waals surface area contributed by atoms with Gasteiger partial charge in [0.1, 0.15) is 6.04 Å². The number of hydrogen-bond acceptors (Lipinski definition) is 3. The van der Waals surface area contributed by atoms with E-state index in [4.69, 9.17) is 4.74 Å². The summed E-state index contributed by atoms with van der Waals surface area (Å²) < 4.78 is 5.51. The highest BCUT2D eigenvalue weighted by Gasteiger charge is 2.28. The fraction of sp³-hybridized carbons (Fsp3) is 0.846. The minimum absolute atomic E-state index is 0.0456. The highest BCUT2D eigenvalue weighted by molar-refractivity contribution is 5.86.